The molecule has 4 aromatic rings. The summed E-state index contributed by atoms with van der Waals surface area (Å²) >= 11 is 2.96. The minimum absolute atomic E-state index is 0.171. The predicted molar refractivity (Wildman–Crippen MR) is 114 cm³/mol. The summed E-state index contributed by atoms with van der Waals surface area (Å²) in [4.78, 5) is 31.1. The fraction of sp³-hybridized carbons (Fsp3) is 0.200. The maximum Gasteiger partial charge on any atom is 0.278 e. The lowest BCUT2D eigenvalue weighted by Crippen LogP contribution is -2.27. The highest BCUT2D eigenvalue weighted by Crippen LogP contribution is 2.28. The van der Waals surface area contributed by atoms with Gasteiger partial charge in [0.25, 0.3) is 11.5 Å². The summed E-state index contributed by atoms with van der Waals surface area (Å²) in [5.41, 5.74) is 0.898. The number of benzene rings is 1. The Morgan fingerprint density at radius 1 is 1.14 bits per heavy atom. The molecule has 0 saturated carbocycles. The van der Waals surface area contributed by atoms with Gasteiger partial charge in [-0.05, 0) is 23.9 Å². The van der Waals surface area contributed by atoms with E-state index in [0.717, 1.165) is 23.4 Å². The van der Waals surface area contributed by atoms with Crippen LogP contribution in [0.25, 0.3) is 21.3 Å². The smallest absolute Gasteiger partial charge is 0.278 e. The van der Waals surface area contributed by atoms with Gasteiger partial charge >= 0.3 is 0 Å². The Labute approximate surface area is 169 Å². The SMILES string of the molecule is CCCCn1nc(C(=O)Nc2nc(-c3cccs3)cs2)c2ccccc2c1=O. The first kappa shape index (κ1) is 18.5. The van der Waals surface area contributed by atoms with Gasteiger partial charge in [-0.2, -0.15) is 5.10 Å². The molecule has 28 heavy (non-hydrogen) atoms. The molecule has 1 amide bonds. The number of aromatic nitrogens is 3. The molecular weight excluding hydrogens is 392 g/mol. The lowest BCUT2D eigenvalue weighted by atomic mass is 10.1. The fourth-order valence-corrected chi connectivity index (χ4v) is 4.35. The van der Waals surface area contributed by atoms with Crippen LogP contribution < -0.4 is 10.9 Å². The molecule has 0 saturated heterocycles. The average molecular weight is 411 g/mol. The number of rotatable bonds is 6. The standard InChI is InChI=1S/C20H18N4O2S2/c1-2-3-10-24-19(26)14-8-5-4-7-13(14)17(23-24)18(25)22-20-21-15(12-28-20)16-9-6-11-27-16/h4-9,11-12H,2-3,10H2,1H3,(H,21,22,25). The zero-order valence-electron chi connectivity index (χ0n) is 15.2. The van der Waals surface area contributed by atoms with E-state index in [0.29, 0.717) is 22.4 Å². The topological polar surface area (TPSA) is 76.9 Å². The summed E-state index contributed by atoms with van der Waals surface area (Å²) in [6.45, 7) is 2.54. The third-order valence-electron chi connectivity index (χ3n) is 4.30. The van der Waals surface area contributed by atoms with Crippen molar-refractivity contribution in [1.29, 1.82) is 0 Å². The largest absolute Gasteiger partial charge is 0.296 e. The van der Waals surface area contributed by atoms with Crippen LogP contribution in [-0.2, 0) is 6.54 Å². The first-order valence-corrected chi connectivity index (χ1v) is 10.7. The first-order chi connectivity index (χ1) is 13.7. The van der Waals surface area contributed by atoms with Gasteiger partial charge in [0.05, 0.1) is 16.0 Å². The van der Waals surface area contributed by atoms with Crippen LogP contribution in [0.3, 0.4) is 0 Å². The number of nitrogens with zero attached hydrogens (tertiary/aromatic N) is 3. The molecule has 0 bridgehead atoms. The monoisotopic (exact) mass is 410 g/mol. The van der Waals surface area contributed by atoms with E-state index in [4.69, 9.17) is 0 Å². The number of anilines is 1. The van der Waals surface area contributed by atoms with Crippen LogP contribution in [0.5, 0.6) is 0 Å². The summed E-state index contributed by atoms with van der Waals surface area (Å²) in [6, 6.07) is 11.0. The highest BCUT2D eigenvalue weighted by molar-refractivity contribution is 7.16. The number of aryl methyl sites for hydroxylation is 1. The molecule has 1 N–H and O–H groups in total. The highest BCUT2D eigenvalue weighted by atomic mass is 32.1. The number of hydrogen-bond acceptors (Lipinski definition) is 6. The van der Waals surface area contributed by atoms with Gasteiger partial charge in [-0.3, -0.25) is 14.9 Å². The lowest BCUT2D eigenvalue weighted by Gasteiger charge is -2.10. The van der Waals surface area contributed by atoms with Crippen LogP contribution >= 0.6 is 22.7 Å². The lowest BCUT2D eigenvalue weighted by molar-refractivity contribution is 0.102. The molecule has 3 heterocycles. The van der Waals surface area contributed by atoms with Crippen molar-refractivity contribution < 1.29 is 4.79 Å². The number of hydrogen-bond donors (Lipinski definition) is 1. The van der Waals surface area contributed by atoms with E-state index in [1.54, 1.807) is 35.6 Å². The highest BCUT2D eigenvalue weighted by Gasteiger charge is 2.18. The Morgan fingerprint density at radius 2 is 1.96 bits per heavy atom. The maximum absolute atomic E-state index is 12.9. The van der Waals surface area contributed by atoms with Crippen molar-refractivity contribution in [2.75, 3.05) is 5.32 Å². The Hall–Kier alpha value is -2.84. The minimum atomic E-state index is -0.367. The number of unbranched alkanes of at least 4 members (excludes halogenated alkanes) is 1. The molecule has 1 aromatic carbocycles. The van der Waals surface area contributed by atoms with Gasteiger partial charge in [-0.1, -0.05) is 37.6 Å². The number of amides is 1. The molecule has 0 spiro atoms. The molecule has 0 radical (unpaired) electrons. The minimum Gasteiger partial charge on any atom is -0.296 e. The molecule has 0 aliphatic carbocycles. The fourth-order valence-electron chi connectivity index (χ4n) is 2.89. The van der Waals surface area contributed by atoms with E-state index in [2.05, 4.69) is 15.4 Å². The summed E-state index contributed by atoms with van der Waals surface area (Å²) in [5, 5.41) is 12.6. The number of thiazole rings is 1. The molecule has 0 atom stereocenters. The molecule has 0 aliphatic rings. The Bertz CT molecular complexity index is 1180. The zero-order chi connectivity index (χ0) is 19.5. The van der Waals surface area contributed by atoms with Crippen LogP contribution in [0.15, 0.2) is 52.0 Å². The second-order valence-electron chi connectivity index (χ2n) is 6.25. The Balaban J connectivity index is 1.68. The second-order valence-corrected chi connectivity index (χ2v) is 8.05. The van der Waals surface area contributed by atoms with E-state index in [1.165, 1.54) is 16.0 Å². The van der Waals surface area contributed by atoms with Crippen molar-refractivity contribution in [3.05, 3.63) is 63.2 Å². The van der Waals surface area contributed by atoms with Crippen LogP contribution in [0, 0.1) is 0 Å². The summed E-state index contributed by atoms with van der Waals surface area (Å²) in [6.07, 6.45) is 1.76. The van der Waals surface area contributed by atoms with Crippen molar-refractivity contribution in [3.63, 3.8) is 0 Å². The zero-order valence-corrected chi connectivity index (χ0v) is 16.8. The molecule has 0 unspecified atom stereocenters. The molecule has 0 aliphatic heterocycles. The van der Waals surface area contributed by atoms with Gasteiger partial charge in [0, 0.05) is 17.3 Å². The molecule has 4 rings (SSSR count). The third-order valence-corrected chi connectivity index (χ3v) is 5.95. The van der Waals surface area contributed by atoms with Crippen molar-refractivity contribution in [3.8, 4) is 10.6 Å². The molecule has 3 aromatic heterocycles. The van der Waals surface area contributed by atoms with Gasteiger partial charge in [-0.25, -0.2) is 9.67 Å². The van der Waals surface area contributed by atoms with Gasteiger partial charge < -0.3 is 0 Å². The van der Waals surface area contributed by atoms with Gasteiger partial charge in [-0.15, -0.1) is 22.7 Å². The van der Waals surface area contributed by atoms with Crippen molar-refractivity contribution in [2.24, 2.45) is 0 Å². The predicted octanol–water partition coefficient (Wildman–Crippen LogP) is 4.63. The average Bonchev–Trinajstić information content (AvgIpc) is 3.39. The van der Waals surface area contributed by atoms with Crippen LogP contribution in [0.4, 0.5) is 5.13 Å². The molecule has 142 valence electrons. The van der Waals surface area contributed by atoms with Crippen molar-refractivity contribution in [1.82, 2.24) is 14.8 Å². The number of thiophene rings is 1. The second kappa shape index (κ2) is 8.04. The van der Waals surface area contributed by atoms with E-state index < -0.39 is 0 Å². The van der Waals surface area contributed by atoms with E-state index in [9.17, 15) is 9.59 Å². The van der Waals surface area contributed by atoms with E-state index in [-0.39, 0.29) is 17.2 Å². The van der Waals surface area contributed by atoms with Gasteiger partial charge in [0.1, 0.15) is 0 Å². The first-order valence-electron chi connectivity index (χ1n) is 8.98. The van der Waals surface area contributed by atoms with Crippen LogP contribution in [0.1, 0.15) is 30.3 Å². The molecule has 0 fully saturated rings. The van der Waals surface area contributed by atoms with Crippen LogP contribution in [-0.4, -0.2) is 20.7 Å². The van der Waals surface area contributed by atoms with E-state index >= 15 is 0 Å². The summed E-state index contributed by atoms with van der Waals surface area (Å²) < 4.78 is 1.39. The van der Waals surface area contributed by atoms with Crippen molar-refractivity contribution >= 4 is 44.5 Å². The quantitative estimate of drug-likeness (QED) is 0.503. The Kier molecular flexibility index (Phi) is 5.31. The third kappa shape index (κ3) is 3.61. The number of carbonyl (C=O) groups excluding carboxylic acids is 1. The molecule has 8 heteroatoms. The van der Waals surface area contributed by atoms with Gasteiger partial charge in [0.15, 0.2) is 10.8 Å². The Morgan fingerprint density at radius 3 is 2.71 bits per heavy atom. The summed E-state index contributed by atoms with van der Waals surface area (Å²) in [5.74, 6) is -0.367. The van der Waals surface area contributed by atoms with Crippen LogP contribution in [0.2, 0.25) is 0 Å². The maximum atomic E-state index is 12.9. The normalized spacial score (nSPS) is 11.0. The van der Waals surface area contributed by atoms with Crippen molar-refractivity contribution in [2.45, 2.75) is 26.3 Å². The number of nitrogens with one attached hydrogen (secondary N) is 1. The van der Waals surface area contributed by atoms with Gasteiger partial charge in [0.2, 0.25) is 0 Å². The number of carbonyl (C=O) groups is 1. The summed E-state index contributed by atoms with van der Waals surface area (Å²) in [7, 11) is 0. The molecule has 6 nitrogen and oxygen atoms in total. The number of fused-ring (bicyclic) bond motifs is 1. The van der Waals surface area contributed by atoms with E-state index in [1.807, 2.05) is 29.8 Å². The molecular formula is C20H18N4O2S2.